The summed E-state index contributed by atoms with van der Waals surface area (Å²) in [7, 11) is 2.97. The minimum absolute atomic E-state index is 0.177. The van der Waals surface area contributed by atoms with E-state index in [-0.39, 0.29) is 11.7 Å². The monoisotopic (exact) mass is 379 g/mol. The summed E-state index contributed by atoms with van der Waals surface area (Å²) in [5.41, 5.74) is 4.29. The molecule has 1 aliphatic carbocycles. The fourth-order valence-corrected chi connectivity index (χ4v) is 4.34. The van der Waals surface area contributed by atoms with Crippen LogP contribution in [-0.4, -0.2) is 30.3 Å². The standard InChI is InChI=1S/C23H25NO4/c1-27-16-9-11-18(20(25)13-16)22-21(14-6-4-3-5-7-14)17-10-8-15(23(26)28-2)12-19(17)24-22/h8-14,24-25H,3-7H2,1-2H3. The molecule has 0 spiro atoms. The molecule has 1 heterocycles. The summed E-state index contributed by atoms with van der Waals surface area (Å²) in [6, 6.07) is 11.0. The Kier molecular flexibility index (Phi) is 4.99. The van der Waals surface area contributed by atoms with Crippen LogP contribution in [0.3, 0.4) is 0 Å². The maximum Gasteiger partial charge on any atom is 0.337 e. The van der Waals surface area contributed by atoms with Crippen molar-refractivity contribution in [1.29, 1.82) is 0 Å². The number of benzene rings is 2. The lowest BCUT2D eigenvalue weighted by Crippen LogP contribution is -2.05. The number of aromatic amines is 1. The molecular formula is C23H25NO4. The third kappa shape index (κ3) is 3.21. The van der Waals surface area contributed by atoms with Crippen molar-refractivity contribution in [3.63, 3.8) is 0 Å². The van der Waals surface area contributed by atoms with Gasteiger partial charge >= 0.3 is 5.97 Å². The molecular weight excluding hydrogens is 354 g/mol. The van der Waals surface area contributed by atoms with Crippen molar-refractivity contribution in [3.05, 3.63) is 47.5 Å². The number of nitrogens with one attached hydrogen (secondary N) is 1. The molecule has 1 aliphatic rings. The van der Waals surface area contributed by atoms with E-state index >= 15 is 0 Å². The van der Waals surface area contributed by atoms with Crippen LogP contribution in [0.1, 0.15) is 53.9 Å². The molecule has 1 aromatic heterocycles. The third-order valence-corrected chi connectivity index (χ3v) is 5.75. The van der Waals surface area contributed by atoms with E-state index in [1.54, 1.807) is 13.2 Å². The Morgan fingerprint density at radius 2 is 1.86 bits per heavy atom. The van der Waals surface area contributed by atoms with Crippen LogP contribution in [0.25, 0.3) is 22.2 Å². The lowest BCUT2D eigenvalue weighted by Gasteiger charge is -2.23. The number of carbonyl (C=O) groups excluding carboxylic acids is 1. The zero-order valence-electron chi connectivity index (χ0n) is 16.2. The number of hydrogen-bond acceptors (Lipinski definition) is 4. The van der Waals surface area contributed by atoms with Crippen molar-refractivity contribution in [1.82, 2.24) is 4.98 Å². The first-order valence-electron chi connectivity index (χ1n) is 9.73. The van der Waals surface area contributed by atoms with Crippen LogP contribution >= 0.6 is 0 Å². The molecule has 0 radical (unpaired) electrons. The Labute approximate surface area is 164 Å². The molecule has 1 saturated carbocycles. The topological polar surface area (TPSA) is 71.6 Å². The normalized spacial score (nSPS) is 14.9. The summed E-state index contributed by atoms with van der Waals surface area (Å²) >= 11 is 0. The SMILES string of the molecule is COC(=O)c1ccc2c(C3CCCCC3)c(-c3ccc(OC)cc3O)[nH]c2c1. The molecule has 0 bridgehead atoms. The minimum Gasteiger partial charge on any atom is -0.507 e. The van der Waals surface area contributed by atoms with E-state index in [1.165, 1.54) is 31.9 Å². The summed E-state index contributed by atoms with van der Waals surface area (Å²) in [6.07, 6.45) is 5.97. The number of esters is 1. The van der Waals surface area contributed by atoms with Crippen molar-refractivity contribution < 1.29 is 19.4 Å². The van der Waals surface area contributed by atoms with Crippen LogP contribution in [0.4, 0.5) is 0 Å². The quantitative estimate of drug-likeness (QED) is 0.597. The van der Waals surface area contributed by atoms with E-state index in [2.05, 4.69) is 4.98 Å². The van der Waals surface area contributed by atoms with Crippen molar-refractivity contribution >= 4 is 16.9 Å². The zero-order valence-corrected chi connectivity index (χ0v) is 16.2. The number of H-pyrrole nitrogens is 1. The van der Waals surface area contributed by atoms with Gasteiger partial charge in [-0.1, -0.05) is 25.3 Å². The summed E-state index contributed by atoms with van der Waals surface area (Å²) in [4.78, 5) is 15.4. The predicted octanol–water partition coefficient (Wildman–Crippen LogP) is 5.38. The van der Waals surface area contributed by atoms with Crippen LogP contribution in [0.5, 0.6) is 11.5 Å². The largest absolute Gasteiger partial charge is 0.507 e. The van der Waals surface area contributed by atoms with E-state index in [4.69, 9.17) is 9.47 Å². The average molecular weight is 379 g/mol. The smallest absolute Gasteiger partial charge is 0.337 e. The number of methoxy groups -OCH3 is 2. The van der Waals surface area contributed by atoms with E-state index < -0.39 is 0 Å². The average Bonchev–Trinajstić information content (AvgIpc) is 3.11. The summed E-state index contributed by atoms with van der Waals surface area (Å²) in [6.45, 7) is 0. The predicted molar refractivity (Wildman–Crippen MR) is 109 cm³/mol. The van der Waals surface area contributed by atoms with Crippen molar-refractivity contribution in [2.45, 2.75) is 38.0 Å². The Hall–Kier alpha value is -2.95. The van der Waals surface area contributed by atoms with Crippen molar-refractivity contribution in [2.75, 3.05) is 14.2 Å². The highest BCUT2D eigenvalue weighted by Crippen LogP contribution is 2.44. The summed E-state index contributed by atoms with van der Waals surface area (Å²) < 4.78 is 10.1. The third-order valence-electron chi connectivity index (χ3n) is 5.75. The number of carbonyl (C=O) groups is 1. The molecule has 0 atom stereocenters. The lowest BCUT2D eigenvalue weighted by molar-refractivity contribution is 0.0601. The molecule has 0 aliphatic heterocycles. The zero-order chi connectivity index (χ0) is 19.7. The lowest BCUT2D eigenvalue weighted by atomic mass is 9.81. The number of phenolic OH excluding ortho intramolecular Hbond substituents is 1. The van der Waals surface area contributed by atoms with E-state index in [1.807, 2.05) is 30.3 Å². The highest BCUT2D eigenvalue weighted by molar-refractivity contribution is 5.98. The second kappa shape index (κ2) is 7.58. The molecule has 3 aromatic rings. The van der Waals surface area contributed by atoms with Gasteiger partial charge in [0.15, 0.2) is 0 Å². The molecule has 5 heteroatoms. The van der Waals surface area contributed by atoms with Crippen LogP contribution in [0.2, 0.25) is 0 Å². The Morgan fingerprint density at radius 1 is 1.07 bits per heavy atom. The Balaban J connectivity index is 1.91. The fraction of sp³-hybridized carbons (Fsp3) is 0.348. The van der Waals surface area contributed by atoms with E-state index in [0.717, 1.165) is 35.0 Å². The number of ether oxygens (including phenoxy) is 2. The molecule has 1 fully saturated rings. The number of fused-ring (bicyclic) bond motifs is 1. The Bertz CT molecular complexity index is 1010. The molecule has 4 rings (SSSR count). The van der Waals surface area contributed by atoms with Gasteiger partial charge in [0, 0.05) is 22.5 Å². The maximum atomic E-state index is 12.0. The molecule has 5 nitrogen and oxygen atoms in total. The van der Waals surface area contributed by atoms with Crippen LogP contribution in [0.15, 0.2) is 36.4 Å². The van der Waals surface area contributed by atoms with Crippen molar-refractivity contribution in [2.24, 2.45) is 0 Å². The number of aromatic nitrogens is 1. The van der Waals surface area contributed by atoms with Crippen LogP contribution < -0.4 is 4.74 Å². The molecule has 0 unspecified atom stereocenters. The van der Waals surface area contributed by atoms with Gasteiger partial charge in [0.2, 0.25) is 0 Å². The molecule has 0 amide bonds. The first kappa shape index (κ1) is 18.4. The summed E-state index contributed by atoms with van der Waals surface area (Å²) in [5.74, 6) is 0.869. The van der Waals surface area contributed by atoms with Crippen LogP contribution in [-0.2, 0) is 4.74 Å². The number of hydrogen-bond donors (Lipinski definition) is 2. The fourth-order valence-electron chi connectivity index (χ4n) is 4.34. The van der Waals surface area contributed by atoms with Gasteiger partial charge in [0.1, 0.15) is 11.5 Å². The van der Waals surface area contributed by atoms with Gasteiger partial charge in [-0.15, -0.1) is 0 Å². The van der Waals surface area contributed by atoms with E-state index in [9.17, 15) is 9.90 Å². The first-order valence-corrected chi connectivity index (χ1v) is 9.73. The highest BCUT2D eigenvalue weighted by Gasteiger charge is 2.25. The molecule has 0 saturated heterocycles. The number of rotatable bonds is 4. The van der Waals surface area contributed by atoms with Gasteiger partial charge in [-0.25, -0.2) is 4.79 Å². The number of phenols is 1. The molecule has 2 aromatic carbocycles. The van der Waals surface area contributed by atoms with E-state index in [0.29, 0.717) is 17.2 Å². The second-order valence-corrected chi connectivity index (χ2v) is 7.38. The minimum atomic E-state index is -0.357. The number of aromatic hydroxyl groups is 1. The van der Waals surface area contributed by atoms with Gasteiger partial charge in [-0.3, -0.25) is 0 Å². The highest BCUT2D eigenvalue weighted by atomic mass is 16.5. The molecule has 146 valence electrons. The maximum absolute atomic E-state index is 12.0. The van der Waals surface area contributed by atoms with Gasteiger partial charge in [0.05, 0.1) is 25.5 Å². The van der Waals surface area contributed by atoms with Gasteiger partial charge in [-0.05, 0) is 48.6 Å². The second-order valence-electron chi connectivity index (χ2n) is 7.38. The van der Waals surface area contributed by atoms with Crippen molar-refractivity contribution in [3.8, 4) is 22.8 Å². The van der Waals surface area contributed by atoms with Gasteiger partial charge in [0.25, 0.3) is 0 Å². The molecule has 28 heavy (non-hydrogen) atoms. The van der Waals surface area contributed by atoms with Gasteiger partial charge in [-0.2, -0.15) is 0 Å². The first-order chi connectivity index (χ1) is 13.6. The molecule has 2 N–H and O–H groups in total. The summed E-state index contributed by atoms with van der Waals surface area (Å²) in [5, 5.41) is 11.7. The van der Waals surface area contributed by atoms with Crippen LogP contribution in [0, 0.1) is 0 Å². The Morgan fingerprint density at radius 3 is 2.54 bits per heavy atom. The van der Waals surface area contributed by atoms with Gasteiger partial charge < -0.3 is 19.6 Å².